The van der Waals surface area contributed by atoms with E-state index in [-0.39, 0.29) is 21.8 Å². The molecule has 0 bridgehead atoms. The number of carbonyl (C=O) groups excluding carboxylic acids is 1. The molecule has 0 radical (unpaired) electrons. The van der Waals surface area contributed by atoms with Crippen LogP contribution in [0, 0.1) is 26.7 Å². The van der Waals surface area contributed by atoms with Crippen LogP contribution in [0.15, 0.2) is 41.7 Å². The summed E-state index contributed by atoms with van der Waals surface area (Å²) in [5.74, 6) is -1.56. The van der Waals surface area contributed by atoms with E-state index in [0.29, 0.717) is 0 Å². The fraction of sp³-hybridized carbons (Fsp3) is 0.176. The van der Waals surface area contributed by atoms with Crippen LogP contribution in [0.2, 0.25) is 0 Å². The summed E-state index contributed by atoms with van der Waals surface area (Å²) in [6.45, 7) is 0. The number of benzene rings is 2. The first kappa shape index (κ1) is 20.9. The van der Waals surface area contributed by atoms with Crippen molar-refractivity contribution in [2.45, 2.75) is 0 Å². The Hall–Kier alpha value is -4.40. The Balaban J connectivity index is 2.40. The fourth-order valence-corrected chi connectivity index (χ4v) is 2.02. The maximum Gasteiger partial charge on any atom is 0.343 e. The van der Waals surface area contributed by atoms with Crippen molar-refractivity contribution in [3.05, 3.63) is 62.8 Å². The molecule has 2 rings (SSSR count). The van der Waals surface area contributed by atoms with E-state index >= 15 is 0 Å². The van der Waals surface area contributed by atoms with E-state index < -0.39 is 22.3 Å². The molecule has 0 amide bonds. The molecule has 0 aromatic heterocycles. The molecule has 0 aliphatic heterocycles. The van der Waals surface area contributed by atoms with Crippen LogP contribution in [0.5, 0.6) is 11.5 Å². The van der Waals surface area contributed by atoms with Gasteiger partial charge in [0, 0.05) is 24.9 Å². The summed E-state index contributed by atoms with van der Waals surface area (Å²) in [5, 5.41) is 39.0. The van der Waals surface area contributed by atoms with Crippen molar-refractivity contribution in [3.8, 4) is 17.6 Å². The molecular weight excluding hydrogens is 384 g/mol. The number of hydrogen-bond donors (Lipinski definition) is 1. The predicted octanol–water partition coefficient (Wildman–Crippen LogP) is 2.46. The van der Waals surface area contributed by atoms with E-state index in [1.54, 1.807) is 25.2 Å². The van der Waals surface area contributed by atoms with Gasteiger partial charge in [-0.3, -0.25) is 15.0 Å². The average Bonchev–Trinajstić information content (AvgIpc) is 2.71. The van der Waals surface area contributed by atoms with Crippen molar-refractivity contribution in [2.75, 3.05) is 26.5 Å². The molecule has 0 aliphatic rings. The molecule has 12 heteroatoms. The van der Waals surface area contributed by atoms with E-state index in [9.17, 15) is 25.4 Å². The first-order valence-corrected chi connectivity index (χ1v) is 8.01. The highest BCUT2D eigenvalue weighted by Gasteiger charge is 2.24. The van der Waals surface area contributed by atoms with E-state index in [4.69, 9.17) is 9.57 Å². The normalized spacial score (nSPS) is 10.6. The molecule has 29 heavy (non-hydrogen) atoms. The fourth-order valence-electron chi connectivity index (χ4n) is 2.02. The van der Waals surface area contributed by atoms with Gasteiger partial charge in [-0.1, -0.05) is 0 Å². The topological polar surface area (TPSA) is 156 Å². The Morgan fingerprint density at radius 2 is 1.86 bits per heavy atom. The highest BCUT2D eigenvalue weighted by atomic mass is 16.7. The Labute approximate surface area is 164 Å². The molecule has 12 nitrogen and oxygen atoms in total. The van der Waals surface area contributed by atoms with Crippen molar-refractivity contribution in [3.63, 3.8) is 0 Å². The smallest absolute Gasteiger partial charge is 0.343 e. The molecule has 0 aliphatic carbocycles. The molecule has 0 saturated heterocycles. The molecule has 0 unspecified atom stereocenters. The molecule has 2 aromatic rings. The number of nitrogens with one attached hydrogen (secondary N) is 1. The summed E-state index contributed by atoms with van der Waals surface area (Å²) in [7, 11) is 4.47. The number of rotatable bonds is 7. The van der Waals surface area contributed by atoms with Crippen molar-refractivity contribution in [1.29, 1.82) is 5.26 Å². The van der Waals surface area contributed by atoms with Crippen LogP contribution in [-0.4, -0.2) is 42.0 Å². The van der Waals surface area contributed by atoms with Gasteiger partial charge in [-0.05, 0) is 24.3 Å². The monoisotopic (exact) mass is 400 g/mol. The van der Waals surface area contributed by atoms with Crippen LogP contribution in [-0.2, 0) is 0 Å². The highest BCUT2D eigenvalue weighted by Crippen LogP contribution is 2.35. The van der Waals surface area contributed by atoms with Crippen LogP contribution in [0.1, 0.15) is 15.9 Å². The minimum absolute atomic E-state index is 0.0386. The zero-order valence-electron chi connectivity index (χ0n) is 15.6. The lowest BCUT2D eigenvalue weighted by Crippen LogP contribution is -2.21. The second kappa shape index (κ2) is 9.00. The molecule has 0 saturated carbocycles. The number of esters is 1. The van der Waals surface area contributed by atoms with Crippen LogP contribution >= 0.6 is 0 Å². The van der Waals surface area contributed by atoms with E-state index in [1.165, 1.54) is 26.2 Å². The lowest BCUT2D eigenvalue weighted by Gasteiger charge is -2.09. The van der Waals surface area contributed by atoms with Gasteiger partial charge in [0.15, 0.2) is 5.75 Å². The van der Waals surface area contributed by atoms with Gasteiger partial charge in [0.25, 0.3) is 0 Å². The third kappa shape index (κ3) is 5.07. The molecule has 0 fully saturated rings. The maximum atomic E-state index is 12.4. The van der Waals surface area contributed by atoms with Gasteiger partial charge >= 0.3 is 11.7 Å². The quantitative estimate of drug-likeness (QED) is 0.184. The zero-order chi connectivity index (χ0) is 21.6. The summed E-state index contributed by atoms with van der Waals surface area (Å²) in [6, 6.07) is 9.83. The molecule has 0 spiro atoms. The SMILES string of the molecule is CNc1ccc(C(=O)Oc2cc(O/N=[N+](\[O-])N(C)C)c([N+](=O)[O-])cc2C#N)cc1. The van der Waals surface area contributed by atoms with Crippen molar-refractivity contribution in [1.82, 2.24) is 5.01 Å². The summed E-state index contributed by atoms with van der Waals surface area (Å²) < 4.78 is 5.20. The summed E-state index contributed by atoms with van der Waals surface area (Å²) >= 11 is 0. The lowest BCUT2D eigenvalue weighted by atomic mass is 10.1. The number of nitro groups is 1. The van der Waals surface area contributed by atoms with Crippen molar-refractivity contribution < 1.29 is 24.3 Å². The van der Waals surface area contributed by atoms with Crippen LogP contribution in [0.3, 0.4) is 0 Å². The number of anilines is 1. The zero-order valence-corrected chi connectivity index (χ0v) is 15.6. The van der Waals surface area contributed by atoms with Crippen LogP contribution < -0.4 is 14.9 Å². The first-order chi connectivity index (χ1) is 13.8. The largest absolute Gasteiger partial charge is 0.569 e. The van der Waals surface area contributed by atoms with Gasteiger partial charge in [0.1, 0.15) is 11.6 Å². The number of carbonyl (C=O) groups is 1. The third-order valence-electron chi connectivity index (χ3n) is 3.54. The first-order valence-electron chi connectivity index (χ1n) is 8.01. The van der Waals surface area contributed by atoms with Gasteiger partial charge in [-0.15, -0.1) is 0 Å². The number of nitriles is 1. The maximum absolute atomic E-state index is 12.4. The second-order valence-electron chi connectivity index (χ2n) is 5.67. The molecule has 0 heterocycles. The molecule has 0 atom stereocenters. The summed E-state index contributed by atoms with van der Waals surface area (Å²) in [4.78, 5) is 27.6. The van der Waals surface area contributed by atoms with E-state index in [0.717, 1.165) is 22.8 Å². The van der Waals surface area contributed by atoms with Crippen molar-refractivity contribution in [2.24, 2.45) is 5.28 Å². The van der Waals surface area contributed by atoms with Gasteiger partial charge in [-0.25, -0.2) is 4.79 Å². The number of ether oxygens (including phenoxy) is 1. The average molecular weight is 400 g/mol. The minimum atomic E-state index is -0.821. The third-order valence-corrected chi connectivity index (χ3v) is 3.54. The predicted molar refractivity (Wildman–Crippen MR) is 99.1 cm³/mol. The number of hydrazine groups is 1. The van der Waals surface area contributed by atoms with Gasteiger partial charge in [0.2, 0.25) is 11.0 Å². The van der Waals surface area contributed by atoms with Crippen molar-refractivity contribution >= 4 is 17.3 Å². The Bertz CT molecular complexity index is 997. The highest BCUT2D eigenvalue weighted by molar-refractivity contribution is 5.91. The number of nitro benzene ring substituents is 1. The number of nitrogens with zero attached hydrogens (tertiary/aromatic N) is 5. The summed E-state index contributed by atoms with van der Waals surface area (Å²) in [6.07, 6.45) is 0. The van der Waals surface area contributed by atoms with E-state index in [2.05, 4.69) is 10.6 Å². The van der Waals surface area contributed by atoms with Gasteiger partial charge in [-0.2, -0.15) is 10.3 Å². The second-order valence-corrected chi connectivity index (χ2v) is 5.67. The molecule has 150 valence electrons. The van der Waals surface area contributed by atoms with Crippen LogP contribution in [0.4, 0.5) is 11.4 Å². The van der Waals surface area contributed by atoms with Gasteiger partial charge in [0.05, 0.1) is 29.6 Å². The van der Waals surface area contributed by atoms with E-state index in [1.807, 2.05) is 0 Å². The Kier molecular flexibility index (Phi) is 6.49. The van der Waals surface area contributed by atoms with Gasteiger partial charge < -0.3 is 15.3 Å². The lowest BCUT2D eigenvalue weighted by molar-refractivity contribution is -0.695. The van der Waals surface area contributed by atoms with Crippen LogP contribution in [0.25, 0.3) is 0 Å². The molecular formula is C17H16N6O6. The molecule has 1 N–H and O–H groups in total. The Morgan fingerprint density at radius 3 is 2.38 bits per heavy atom. The minimum Gasteiger partial charge on any atom is -0.569 e. The standard InChI is InChI=1S/C17H16N6O6/c1-19-13-6-4-11(5-7-13)17(24)28-15-9-16(29-20-23(27)21(2)3)14(22(25)26)8-12(15)10-18/h4-9,19H,1-3H3/b23-20-. The number of hydrogen-bond acceptors (Lipinski definition) is 9. The Morgan fingerprint density at radius 1 is 1.21 bits per heavy atom. The molecule has 2 aromatic carbocycles. The summed E-state index contributed by atoms with van der Waals surface area (Å²) in [5.41, 5.74) is 0.0677.